The highest BCUT2D eigenvalue weighted by molar-refractivity contribution is 4.77. The number of hydrogen-bond donors (Lipinski definition) is 0. The summed E-state index contributed by atoms with van der Waals surface area (Å²) in [6.45, 7) is 0. The van der Waals surface area contributed by atoms with Gasteiger partial charge in [0, 0.05) is 0 Å². The van der Waals surface area contributed by atoms with Crippen molar-refractivity contribution in [3.8, 4) is 0 Å². The molecule has 2 rings (SSSR count). The van der Waals surface area contributed by atoms with Gasteiger partial charge in [0.05, 0.1) is 0 Å². The van der Waals surface area contributed by atoms with E-state index in [1.165, 1.54) is 70.6 Å². The topological polar surface area (TPSA) is 0 Å². The van der Waals surface area contributed by atoms with Gasteiger partial charge in [0.15, 0.2) is 0 Å². The van der Waals surface area contributed by atoms with E-state index < -0.39 is 0 Å². The van der Waals surface area contributed by atoms with Crippen LogP contribution in [0.2, 0.25) is 0 Å². The molecule has 0 saturated heterocycles. The molecule has 1 radical (unpaired) electrons. The van der Waals surface area contributed by atoms with E-state index in [1.54, 1.807) is 0 Å². The van der Waals surface area contributed by atoms with Gasteiger partial charge >= 0.3 is 0 Å². The Bertz CT molecular complexity index is 120. The second-order valence-electron chi connectivity index (χ2n) is 5.40. The normalized spacial score (nSPS) is 24.9. The highest BCUT2D eigenvalue weighted by Gasteiger charge is 2.16. The van der Waals surface area contributed by atoms with Gasteiger partial charge in [-0.25, -0.2) is 0 Å². The van der Waals surface area contributed by atoms with Crippen LogP contribution in [0.5, 0.6) is 0 Å². The number of rotatable bonds is 5. The van der Waals surface area contributed by atoms with Gasteiger partial charge in [-0.3, -0.25) is 0 Å². The monoisotopic (exact) mass is 193 g/mol. The molecule has 0 bridgehead atoms. The van der Waals surface area contributed by atoms with Gasteiger partial charge in [-0.2, -0.15) is 0 Å². The zero-order chi connectivity index (χ0) is 9.64. The van der Waals surface area contributed by atoms with Crippen molar-refractivity contribution in [1.29, 1.82) is 0 Å². The second-order valence-corrected chi connectivity index (χ2v) is 5.40. The molecule has 0 heteroatoms. The van der Waals surface area contributed by atoms with Crippen LogP contribution in [0.1, 0.15) is 70.6 Å². The molecule has 0 atom stereocenters. The maximum Gasteiger partial charge on any atom is -0.0383 e. The van der Waals surface area contributed by atoms with Crippen LogP contribution < -0.4 is 0 Å². The highest BCUT2D eigenvalue weighted by atomic mass is 14.2. The molecule has 0 nitrogen and oxygen atoms in total. The molecule has 14 heavy (non-hydrogen) atoms. The van der Waals surface area contributed by atoms with Crippen molar-refractivity contribution in [1.82, 2.24) is 0 Å². The van der Waals surface area contributed by atoms with Gasteiger partial charge in [-0.1, -0.05) is 57.8 Å². The molecule has 0 aromatic carbocycles. The van der Waals surface area contributed by atoms with E-state index in [9.17, 15) is 0 Å². The van der Waals surface area contributed by atoms with Gasteiger partial charge < -0.3 is 0 Å². The first-order valence-electron chi connectivity index (χ1n) is 6.77. The lowest BCUT2D eigenvalue weighted by Gasteiger charge is -2.10. The highest BCUT2D eigenvalue weighted by Crippen LogP contribution is 2.31. The van der Waals surface area contributed by atoms with Crippen molar-refractivity contribution in [3.05, 3.63) is 6.42 Å². The van der Waals surface area contributed by atoms with Gasteiger partial charge in [-0.15, -0.1) is 0 Å². The SMILES string of the molecule is [CH](CCC1CCCC1)CC1CCCC1. The summed E-state index contributed by atoms with van der Waals surface area (Å²) in [6.07, 6.45) is 19.0. The van der Waals surface area contributed by atoms with E-state index in [1.807, 2.05) is 0 Å². The van der Waals surface area contributed by atoms with E-state index in [-0.39, 0.29) is 0 Å². The minimum Gasteiger partial charge on any atom is -0.0530 e. The van der Waals surface area contributed by atoms with Gasteiger partial charge in [0.1, 0.15) is 0 Å². The maximum absolute atomic E-state index is 2.59. The lowest BCUT2D eigenvalue weighted by atomic mass is 9.96. The molecular weight excluding hydrogens is 168 g/mol. The summed E-state index contributed by atoms with van der Waals surface area (Å²) in [5, 5.41) is 0. The zero-order valence-electron chi connectivity index (χ0n) is 9.51. The van der Waals surface area contributed by atoms with Gasteiger partial charge in [-0.05, 0) is 31.1 Å². The summed E-state index contributed by atoms with van der Waals surface area (Å²) in [6, 6.07) is 0. The summed E-state index contributed by atoms with van der Waals surface area (Å²) >= 11 is 0. The molecule has 81 valence electrons. The Hall–Kier alpha value is 0. The molecule has 2 aliphatic rings. The van der Waals surface area contributed by atoms with Gasteiger partial charge in [0.2, 0.25) is 0 Å². The third kappa shape index (κ3) is 3.29. The zero-order valence-corrected chi connectivity index (χ0v) is 9.51. The smallest absolute Gasteiger partial charge is 0.0383 e. The van der Waals surface area contributed by atoms with Crippen LogP contribution in [0.4, 0.5) is 0 Å². The Balaban J connectivity index is 1.46. The first kappa shape index (κ1) is 10.5. The van der Waals surface area contributed by atoms with Crippen LogP contribution in [0.25, 0.3) is 0 Å². The number of unbranched alkanes of at least 4 members (excludes halogenated alkanes) is 1. The summed E-state index contributed by atoms with van der Waals surface area (Å²) in [4.78, 5) is 0. The van der Waals surface area contributed by atoms with Crippen LogP contribution in [0.3, 0.4) is 0 Å². The first-order chi connectivity index (χ1) is 6.95. The van der Waals surface area contributed by atoms with Crippen molar-refractivity contribution < 1.29 is 0 Å². The Morgan fingerprint density at radius 3 is 2.00 bits per heavy atom. The third-order valence-corrected chi connectivity index (χ3v) is 4.23. The summed E-state index contributed by atoms with van der Waals surface area (Å²) in [7, 11) is 0. The van der Waals surface area contributed by atoms with Gasteiger partial charge in [0.25, 0.3) is 0 Å². The molecular formula is C14H25. The Labute approximate surface area is 89.5 Å². The van der Waals surface area contributed by atoms with Crippen LogP contribution >= 0.6 is 0 Å². The summed E-state index contributed by atoms with van der Waals surface area (Å²) < 4.78 is 0. The molecule has 0 spiro atoms. The molecule has 2 saturated carbocycles. The van der Waals surface area contributed by atoms with Crippen LogP contribution in [0.15, 0.2) is 0 Å². The minimum absolute atomic E-state index is 1.07. The molecule has 2 fully saturated rings. The fourth-order valence-electron chi connectivity index (χ4n) is 3.25. The van der Waals surface area contributed by atoms with Crippen LogP contribution in [0, 0.1) is 18.3 Å². The van der Waals surface area contributed by atoms with E-state index in [0.717, 1.165) is 11.8 Å². The van der Waals surface area contributed by atoms with Crippen molar-refractivity contribution in [2.24, 2.45) is 11.8 Å². The molecule has 0 aromatic rings. The lowest BCUT2D eigenvalue weighted by Crippen LogP contribution is -1.96. The number of hydrogen-bond acceptors (Lipinski definition) is 0. The van der Waals surface area contributed by atoms with E-state index >= 15 is 0 Å². The summed E-state index contributed by atoms with van der Waals surface area (Å²) in [5.74, 6) is 2.16. The second kappa shape index (κ2) is 5.78. The minimum atomic E-state index is 1.07. The fourth-order valence-corrected chi connectivity index (χ4v) is 3.25. The van der Waals surface area contributed by atoms with Crippen molar-refractivity contribution in [3.63, 3.8) is 0 Å². The summed E-state index contributed by atoms with van der Waals surface area (Å²) in [5.41, 5.74) is 0. The molecule has 0 aliphatic heterocycles. The molecule has 0 N–H and O–H groups in total. The average molecular weight is 193 g/mol. The molecule has 0 amide bonds. The van der Waals surface area contributed by atoms with Crippen LogP contribution in [-0.2, 0) is 0 Å². The van der Waals surface area contributed by atoms with E-state index in [2.05, 4.69) is 6.42 Å². The molecule has 2 aliphatic carbocycles. The largest absolute Gasteiger partial charge is 0.0530 e. The van der Waals surface area contributed by atoms with Crippen molar-refractivity contribution in [2.75, 3.05) is 0 Å². The molecule has 0 aromatic heterocycles. The van der Waals surface area contributed by atoms with Crippen molar-refractivity contribution >= 4 is 0 Å². The predicted octanol–water partition coefficient (Wildman–Crippen LogP) is 4.74. The Morgan fingerprint density at radius 1 is 0.786 bits per heavy atom. The predicted molar refractivity (Wildman–Crippen MR) is 62.1 cm³/mol. The average Bonchev–Trinajstić information content (AvgIpc) is 2.86. The molecule has 0 heterocycles. The molecule has 0 unspecified atom stereocenters. The fraction of sp³-hybridized carbons (Fsp3) is 0.929. The Morgan fingerprint density at radius 2 is 1.36 bits per heavy atom. The van der Waals surface area contributed by atoms with Crippen molar-refractivity contribution in [2.45, 2.75) is 70.6 Å². The quantitative estimate of drug-likeness (QED) is 0.553. The maximum atomic E-state index is 2.59. The van der Waals surface area contributed by atoms with Crippen LogP contribution in [-0.4, -0.2) is 0 Å². The lowest BCUT2D eigenvalue weighted by molar-refractivity contribution is 0.475. The Kier molecular flexibility index (Phi) is 4.34. The third-order valence-electron chi connectivity index (χ3n) is 4.23. The van der Waals surface area contributed by atoms with E-state index in [4.69, 9.17) is 0 Å². The first-order valence-corrected chi connectivity index (χ1v) is 6.77. The standard InChI is InChI=1S/C14H25/c1-2-8-13(7-1)11-5-6-12-14-9-3-4-10-14/h5,13-14H,1-4,6-12H2. The van der Waals surface area contributed by atoms with E-state index in [0.29, 0.717) is 0 Å².